The number of hydrogen-bond donors (Lipinski definition) is 0. The van der Waals surface area contributed by atoms with Crippen LogP contribution in [0.25, 0.3) is 0 Å². The zero-order valence-corrected chi connectivity index (χ0v) is 8.73. The second-order valence-corrected chi connectivity index (χ2v) is 3.26. The fourth-order valence-electron chi connectivity index (χ4n) is 1.40. The van der Waals surface area contributed by atoms with Gasteiger partial charge in [-0.1, -0.05) is 0 Å². The van der Waals surface area contributed by atoms with E-state index in [4.69, 9.17) is 14.2 Å². The molecule has 4 nitrogen and oxygen atoms in total. The van der Waals surface area contributed by atoms with Gasteiger partial charge in [-0.05, 0) is 19.1 Å². The van der Waals surface area contributed by atoms with E-state index < -0.39 is 17.9 Å². The van der Waals surface area contributed by atoms with Crippen LogP contribution in [0.2, 0.25) is 0 Å². The summed E-state index contributed by atoms with van der Waals surface area (Å²) in [6, 6.07) is 3.89. The van der Waals surface area contributed by atoms with Crippen molar-refractivity contribution in [2.75, 3.05) is 13.2 Å². The maximum atomic E-state index is 12.8. The highest BCUT2D eigenvalue weighted by Gasteiger charge is 2.28. The number of rotatable bonds is 2. The SMILES string of the molecule is CCOC(=O)C1COc2cc(F)ccc2O1. The van der Waals surface area contributed by atoms with Crippen LogP contribution in [0.5, 0.6) is 11.5 Å². The number of halogens is 1. The Balaban J connectivity index is 2.12. The first-order valence-corrected chi connectivity index (χ1v) is 4.96. The van der Waals surface area contributed by atoms with Gasteiger partial charge in [-0.15, -0.1) is 0 Å². The minimum absolute atomic E-state index is 0.0370. The monoisotopic (exact) mass is 226 g/mol. The molecular formula is C11H11FO4. The van der Waals surface area contributed by atoms with E-state index in [2.05, 4.69) is 0 Å². The van der Waals surface area contributed by atoms with Gasteiger partial charge in [0.15, 0.2) is 11.5 Å². The fraction of sp³-hybridized carbons (Fsp3) is 0.364. The Bertz CT molecular complexity index is 405. The quantitative estimate of drug-likeness (QED) is 0.717. The number of carbonyl (C=O) groups is 1. The van der Waals surface area contributed by atoms with Gasteiger partial charge in [-0.3, -0.25) is 0 Å². The molecule has 1 unspecified atom stereocenters. The molecule has 0 aliphatic carbocycles. The molecule has 1 aliphatic rings. The first-order chi connectivity index (χ1) is 7.70. The molecule has 0 N–H and O–H groups in total. The summed E-state index contributed by atoms with van der Waals surface area (Å²) < 4.78 is 28.2. The van der Waals surface area contributed by atoms with Gasteiger partial charge in [0, 0.05) is 6.07 Å². The lowest BCUT2D eigenvalue weighted by molar-refractivity contribution is -0.153. The van der Waals surface area contributed by atoms with E-state index in [9.17, 15) is 9.18 Å². The summed E-state index contributed by atoms with van der Waals surface area (Å²) in [7, 11) is 0. The van der Waals surface area contributed by atoms with Crippen LogP contribution in [0.1, 0.15) is 6.92 Å². The van der Waals surface area contributed by atoms with Crippen molar-refractivity contribution in [2.45, 2.75) is 13.0 Å². The van der Waals surface area contributed by atoms with Crippen molar-refractivity contribution in [3.63, 3.8) is 0 Å². The summed E-state index contributed by atoms with van der Waals surface area (Å²) >= 11 is 0. The van der Waals surface area contributed by atoms with E-state index >= 15 is 0 Å². The molecular weight excluding hydrogens is 215 g/mol. The van der Waals surface area contributed by atoms with Crippen molar-refractivity contribution in [3.8, 4) is 11.5 Å². The molecule has 0 aromatic heterocycles. The van der Waals surface area contributed by atoms with Gasteiger partial charge in [0.2, 0.25) is 6.10 Å². The topological polar surface area (TPSA) is 44.8 Å². The molecule has 0 saturated carbocycles. The fourth-order valence-corrected chi connectivity index (χ4v) is 1.40. The lowest BCUT2D eigenvalue weighted by atomic mass is 10.2. The molecule has 0 amide bonds. The largest absolute Gasteiger partial charge is 0.485 e. The van der Waals surface area contributed by atoms with Gasteiger partial charge < -0.3 is 14.2 Å². The molecule has 0 bridgehead atoms. The van der Waals surface area contributed by atoms with Crippen LogP contribution in [0.3, 0.4) is 0 Å². The summed E-state index contributed by atoms with van der Waals surface area (Å²) in [5.74, 6) is -0.222. The Morgan fingerprint density at radius 3 is 3.12 bits per heavy atom. The third kappa shape index (κ3) is 2.08. The first kappa shape index (κ1) is 10.7. The van der Waals surface area contributed by atoms with Gasteiger partial charge in [-0.25, -0.2) is 9.18 Å². The summed E-state index contributed by atoms with van der Waals surface area (Å²) in [6.07, 6.45) is -0.780. The van der Waals surface area contributed by atoms with Gasteiger partial charge in [0.05, 0.1) is 6.61 Å². The van der Waals surface area contributed by atoms with Gasteiger partial charge in [0.1, 0.15) is 12.4 Å². The maximum absolute atomic E-state index is 12.8. The number of carbonyl (C=O) groups excluding carboxylic acids is 1. The highest BCUT2D eigenvalue weighted by Crippen LogP contribution is 2.32. The van der Waals surface area contributed by atoms with Gasteiger partial charge in [-0.2, -0.15) is 0 Å². The highest BCUT2D eigenvalue weighted by atomic mass is 19.1. The smallest absolute Gasteiger partial charge is 0.350 e. The third-order valence-corrected chi connectivity index (χ3v) is 2.11. The second kappa shape index (κ2) is 4.38. The minimum Gasteiger partial charge on any atom is -0.485 e. The molecule has 86 valence electrons. The van der Waals surface area contributed by atoms with E-state index in [0.29, 0.717) is 11.5 Å². The summed E-state index contributed by atoms with van der Waals surface area (Å²) in [6.45, 7) is 2.04. The predicted molar refractivity (Wildman–Crippen MR) is 52.9 cm³/mol. The summed E-state index contributed by atoms with van der Waals surface area (Å²) in [4.78, 5) is 11.4. The number of hydrogen-bond acceptors (Lipinski definition) is 4. The van der Waals surface area contributed by atoms with Crippen LogP contribution in [0.4, 0.5) is 4.39 Å². The van der Waals surface area contributed by atoms with Crippen LogP contribution in [-0.4, -0.2) is 25.3 Å². The highest BCUT2D eigenvalue weighted by molar-refractivity contribution is 5.75. The van der Waals surface area contributed by atoms with E-state index in [-0.39, 0.29) is 13.2 Å². The Morgan fingerprint density at radius 1 is 1.56 bits per heavy atom. The molecule has 2 rings (SSSR count). The Hall–Kier alpha value is -1.78. The van der Waals surface area contributed by atoms with E-state index in [1.54, 1.807) is 6.92 Å². The first-order valence-electron chi connectivity index (χ1n) is 4.96. The molecule has 1 atom stereocenters. The van der Waals surface area contributed by atoms with Crippen LogP contribution in [0.15, 0.2) is 18.2 Å². The van der Waals surface area contributed by atoms with Crippen LogP contribution >= 0.6 is 0 Å². The van der Waals surface area contributed by atoms with Crippen molar-refractivity contribution < 1.29 is 23.4 Å². The van der Waals surface area contributed by atoms with Crippen LogP contribution in [0, 0.1) is 5.82 Å². The molecule has 0 radical (unpaired) electrons. The molecule has 0 spiro atoms. The maximum Gasteiger partial charge on any atom is 0.350 e. The normalized spacial score (nSPS) is 18.0. The van der Waals surface area contributed by atoms with Crippen LogP contribution < -0.4 is 9.47 Å². The van der Waals surface area contributed by atoms with Crippen molar-refractivity contribution in [3.05, 3.63) is 24.0 Å². The lowest BCUT2D eigenvalue weighted by Crippen LogP contribution is -2.37. The molecule has 1 aromatic rings. The second-order valence-electron chi connectivity index (χ2n) is 3.26. The zero-order chi connectivity index (χ0) is 11.5. The molecule has 0 saturated heterocycles. The Labute approximate surface area is 91.9 Å². The Kier molecular flexibility index (Phi) is 2.94. The molecule has 0 fully saturated rings. The average Bonchev–Trinajstić information content (AvgIpc) is 2.28. The average molecular weight is 226 g/mol. The van der Waals surface area contributed by atoms with Gasteiger partial charge >= 0.3 is 5.97 Å². The van der Waals surface area contributed by atoms with Gasteiger partial charge in [0.25, 0.3) is 0 Å². The Morgan fingerprint density at radius 2 is 2.38 bits per heavy atom. The van der Waals surface area contributed by atoms with E-state index in [1.807, 2.05) is 0 Å². The number of ether oxygens (including phenoxy) is 3. The van der Waals surface area contributed by atoms with Crippen molar-refractivity contribution >= 4 is 5.97 Å². The number of fused-ring (bicyclic) bond motifs is 1. The standard InChI is InChI=1S/C11H11FO4/c1-2-14-11(13)10-6-15-9-5-7(12)3-4-8(9)16-10/h3-5,10H,2,6H2,1H3. The lowest BCUT2D eigenvalue weighted by Gasteiger charge is -2.24. The number of esters is 1. The molecule has 5 heteroatoms. The van der Waals surface area contributed by atoms with Crippen molar-refractivity contribution in [2.24, 2.45) is 0 Å². The molecule has 1 heterocycles. The number of benzene rings is 1. The zero-order valence-electron chi connectivity index (χ0n) is 8.73. The summed E-state index contributed by atoms with van der Waals surface area (Å²) in [5, 5.41) is 0. The van der Waals surface area contributed by atoms with E-state index in [1.165, 1.54) is 18.2 Å². The molecule has 1 aromatic carbocycles. The summed E-state index contributed by atoms with van der Waals surface area (Å²) in [5.41, 5.74) is 0. The van der Waals surface area contributed by atoms with E-state index in [0.717, 1.165) is 0 Å². The third-order valence-electron chi connectivity index (χ3n) is 2.11. The molecule has 1 aliphatic heterocycles. The minimum atomic E-state index is -0.780. The van der Waals surface area contributed by atoms with Crippen molar-refractivity contribution in [1.29, 1.82) is 0 Å². The predicted octanol–water partition coefficient (Wildman–Crippen LogP) is 1.53. The van der Waals surface area contributed by atoms with Crippen molar-refractivity contribution in [1.82, 2.24) is 0 Å². The van der Waals surface area contributed by atoms with Crippen LogP contribution in [-0.2, 0) is 9.53 Å². The molecule has 16 heavy (non-hydrogen) atoms.